The van der Waals surface area contributed by atoms with Gasteiger partial charge in [-0.05, 0) is 78.5 Å². The maximum atomic E-state index is 11.3. The van der Waals surface area contributed by atoms with Crippen molar-refractivity contribution in [3.05, 3.63) is 58.1 Å². The number of carbonyl (C=O) groups is 1. The number of likely N-dealkylation sites (tertiary alicyclic amines) is 1. The quantitative estimate of drug-likeness (QED) is 0.783. The molecule has 3 nitrogen and oxygen atoms in total. The third-order valence-corrected chi connectivity index (χ3v) is 6.88. The summed E-state index contributed by atoms with van der Waals surface area (Å²) in [7, 11) is 0. The standard InChI is InChI=1S/C23H24ClNO2/c24-21-12-16(3-6-19(21)14-1-2-14)15-4-7-20-17(11-15)5-8-22(20)25-10-9-18(13-25)23(26)27/h3-4,6-7,11-12,14,18,22H,1-2,5,8-10,13H2,(H,26,27). The van der Waals surface area contributed by atoms with Gasteiger partial charge in [0.05, 0.1) is 5.92 Å². The summed E-state index contributed by atoms with van der Waals surface area (Å²) < 4.78 is 0. The second kappa shape index (κ2) is 6.65. The van der Waals surface area contributed by atoms with Gasteiger partial charge in [-0.25, -0.2) is 0 Å². The van der Waals surface area contributed by atoms with Gasteiger partial charge >= 0.3 is 5.97 Å². The van der Waals surface area contributed by atoms with E-state index in [9.17, 15) is 9.90 Å². The van der Waals surface area contributed by atoms with Crippen LogP contribution in [-0.4, -0.2) is 29.1 Å². The van der Waals surface area contributed by atoms with Crippen LogP contribution in [0.5, 0.6) is 0 Å². The Morgan fingerprint density at radius 1 is 1.00 bits per heavy atom. The zero-order chi connectivity index (χ0) is 18.5. The predicted octanol–water partition coefficient (Wildman–Crippen LogP) is 5.28. The summed E-state index contributed by atoms with van der Waals surface area (Å²) in [6, 6.07) is 13.6. The summed E-state index contributed by atoms with van der Waals surface area (Å²) in [5.74, 6) is -0.194. The minimum absolute atomic E-state index is 0.208. The summed E-state index contributed by atoms with van der Waals surface area (Å²) in [4.78, 5) is 13.6. The van der Waals surface area contributed by atoms with Gasteiger partial charge in [0, 0.05) is 17.6 Å². The number of hydrogen-bond acceptors (Lipinski definition) is 2. The lowest BCUT2D eigenvalue weighted by Gasteiger charge is -2.24. The normalized spacial score (nSPS) is 24.9. The maximum Gasteiger partial charge on any atom is 0.307 e. The summed E-state index contributed by atoms with van der Waals surface area (Å²) in [5.41, 5.74) is 6.49. The Bertz CT molecular complexity index is 905. The van der Waals surface area contributed by atoms with E-state index in [1.54, 1.807) is 0 Å². The lowest BCUT2D eigenvalue weighted by atomic mass is 9.98. The number of aliphatic carboxylic acids is 1. The molecule has 5 rings (SSSR count). The number of hydrogen-bond donors (Lipinski definition) is 1. The van der Waals surface area contributed by atoms with Crippen LogP contribution in [0.3, 0.4) is 0 Å². The van der Waals surface area contributed by atoms with Crippen molar-refractivity contribution in [3.63, 3.8) is 0 Å². The Hall–Kier alpha value is -1.84. The molecule has 2 aromatic carbocycles. The Kier molecular flexibility index (Phi) is 4.25. The Labute approximate surface area is 165 Å². The van der Waals surface area contributed by atoms with Crippen molar-refractivity contribution in [2.75, 3.05) is 13.1 Å². The van der Waals surface area contributed by atoms with E-state index in [-0.39, 0.29) is 5.92 Å². The number of rotatable bonds is 4. The number of carboxylic acid groups (broad SMARTS) is 1. The smallest absolute Gasteiger partial charge is 0.307 e. The molecule has 0 bridgehead atoms. The first kappa shape index (κ1) is 17.3. The first-order chi connectivity index (χ1) is 13.1. The van der Waals surface area contributed by atoms with Crippen molar-refractivity contribution in [3.8, 4) is 11.1 Å². The zero-order valence-corrected chi connectivity index (χ0v) is 16.1. The summed E-state index contributed by atoms with van der Waals surface area (Å²) in [5, 5.41) is 10.2. The summed E-state index contributed by atoms with van der Waals surface area (Å²) >= 11 is 6.53. The van der Waals surface area contributed by atoms with Crippen LogP contribution in [0, 0.1) is 5.92 Å². The van der Waals surface area contributed by atoms with Crippen LogP contribution in [-0.2, 0) is 11.2 Å². The minimum Gasteiger partial charge on any atom is -0.481 e. The van der Waals surface area contributed by atoms with Gasteiger partial charge in [-0.3, -0.25) is 9.69 Å². The van der Waals surface area contributed by atoms with Crippen LogP contribution in [0.25, 0.3) is 11.1 Å². The molecule has 2 aliphatic carbocycles. The molecule has 4 heteroatoms. The SMILES string of the molecule is O=C(O)C1CCN(C2CCc3cc(-c4ccc(C5CC5)c(Cl)c4)ccc32)C1. The van der Waals surface area contributed by atoms with Crippen molar-refractivity contribution >= 4 is 17.6 Å². The van der Waals surface area contributed by atoms with Crippen molar-refractivity contribution in [1.82, 2.24) is 4.90 Å². The fourth-order valence-electron chi connectivity index (χ4n) is 4.86. The molecule has 0 aromatic heterocycles. The van der Waals surface area contributed by atoms with Crippen molar-refractivity contribution < 1.29 is 9.90 Å². The molecular formula is C23H24ClNO2. The van der Waals surface area contributed by atoms with Crippen LogP contribution < -0.4 is 0 Å². The molecule has 2 aromatic rings. The van der Waals surface area contributed by atoms with E-state index in [2.05, 4.69) is 41.3 Å². The molecule has 0 radical (unpaired) electrons. The molecule has 1 aliphatic heterocycles. The van der Waals surface area contributed by atoms with Gasteiger partial charge in [-0.15, -0.1) is 0 Å². The highest BCUT2D eigenvalue weighted by Gasteiger charge is 2.35. The highest BCUT2D eigenvalue weighted by molar-refractivity contribution is 6.31. The first-order valence-corrected chi connectivity index (χ1v) is 10.4. The minimum atomic E-state index is -0.655. The number of benzene rings is 2. The third-order valence-electron chi connectivity index (χ3n) is 6.55. The molecule has 2 atom stereocenters. The van der Waals surface area contributed by atoms with E-state index < -0.39 is 5.97 Å². The van der Waals surface area contributed by atoms with Gasteiger partial charge in [0.25, 0.3) is 0 Å². The summed E-state index contributed by atoms with van der Waals surface area (Å²) in [6.07, 6.45) is 5.45. The summed E-state index contributed by atoms with van der Waals surface area (Å²) in [6.45, 7) is 1.57. The Morgan fingerprint density at radius 3 is 2.41 bits per heavy atom. The molecule has 2 unspecified atom stereocenters. The number of nitrogens with zero attached hydrogens (tertiary/aromatic N) is 1. The average molecular weight is 382 g/mol. The van der Waals surface area contributed by atoms with Crippen LogP contribution in [0.15, 0.2) is 36.4 Å². The van der Waals surface area contributed by atoms with Gasteiger partial charge in [-0.1, -0.05) is 41.9 Å². The van der Waals surface area contributed by atoms with E-state index in [1.807, 2.05) is 0 Å². The molecule has 0 spiro atoms. The highest BCUT2D eigenvalue weighted by atomic mass is 35.5. The van der Waals surface area contributed by atoms with E-state index in [0.29, 0.717) is 18.5 Å². The first-order valence-electron chi connectivity index (χ1n) is 9.99. The molecule has 1 heterocycles. The molecule has 27 heavy (non-hydrogen) atoms. The van der Waals surface area contributed by atoms with E-state index in [4.69, 9.17) is 11.6 Å². The van der Waals surface area contributed by atoms with Gasteiger partial charge in [0.2, 0.25) is 0 Å². The topological polar surface area (TPSA) is 40.5 Å². The van der Waals surface area contributed by atoms with Crippen molar-refractivity contribution in [2.45, 2.75) is 44.1 Å². The molecule has 1 N–H and O–H groups in total. The predicted molar refractivity (Wildman–Crippen MR) is 107 cm³/mol. The van der Waals surface area contributed by atoms with Crippen LogP contribution in [0.4, 0.5) is 0 Å². The largest absolute Gasteiger partial charge is 0.481 e. The fourth-order valence-corrected chi connectivity index (χ4v) is 5.19. The number of halogens is 1. The van der Waals surface area contributed by atoms with Gasteiger partial charge < -0.3 is 5.11 Å². The van der Waals surface area contributed by atoms with E-state index in [1.165, 1.54) is 40.7 Å². The number of carboxylic acids is 1. The van der Waals surface area contributed by atoms with Gasteiger partial charge in [0.1, 0.15) is 0 Å². The second-order valence-electron chi connectivity index (χ2n) is 8.30. The molecule has 0 amide bonds. The lowest BCUT2D eigenvalue weighted by molar-refractivity contribution is -0.141. The number of aryl methyl sites for hydroxylation is 1. The molecule has 1 saturated heterocycles. The van der Waals surface area contributed by atoms with Gasteiger partial charge in [-0.2, -0.15) is 0 Å². The van der Waals surface area contributed by atoms with Crippen LogP contribution in [0.1, 0.15) is 54.3 Å². The van der Waals surface area contributed by atoms with Gasteiger partial charge in [0.15, 0.2) is 0 Å². The van der Waals surface area contributed by atoms with E-state index >= 15 is 0 Å². The molecular weight excluding hydrogens is 358 g/mol. The van der Waals surface area contributed by atoms with Crippen molar-refractivity contribution in [1.29, 1.82) is 0 Å². The molecule has 140 valence electrons. The average Bonchev–Trinajstić information content (AvgIpc) is 3.22. The molecule has 1 saturated carbocycles. The van der Waals surface area contributed by atoms with Crippen LogP contribution >= 0.6 is 11.6 Å². The second-order valence-corrected chi connectivity index (χ2v) is 8.70. The fraction of sp³-hybridized carbons (Fsp3) is 0.435. The Morgan fingerprint density at radius 2 is 1.74 bits per heavy atom. The molecule has 3 aliphatic rings. The highest BCUT2D eigenvalue weighted by Crippen LogP contribution is 2.45. The monoisotopic (exact) mass is 381 g/mol. The third kappa shape index (κ3) is 3.17. The maximum absolute atomic E-state index is 11.3. The number of fused-ring (bicyclic) bond motifs is 1. The lowest BCUT2D eigenvalue weighted by Crippen LogP contribution is -2.26. The molecule has 2 fully saturated rings. The van der Waals surface area contributed by atoms with E-state index in [0.717, 1.165) is 30.8 Å². The zero-order valence-electron chi connectivity index (χ0n) is 15.3. The Balaban J connectivity index is 1.38. The van der Waals surface area contributed by atoms with Crippen LogP contribution in [0.2, 0.25) is 5.02 Å². The van der Waals surface area contributed by atoms with Crippen molar-refractivity contribution in [2.24, 2.45) is 5.92 Å².